The lowest BCUT2D eigenvalue weighted by molar-refractivity contribution is 0.346. The minimum Gasteiger partial charge on any atom is -0.411 e. The lowest BCUT2D eigenvalue weighted by atomic mass is 10.2. The summed E-state index contributed by atoms with van der Waals surface area (Å²) in [7, 11) is -3.54. The fourth-order valence-electron chi connectivity index (χ4n) is 3.18. The molecule has 0 spiro atoms. The molecule has 9 heteroatoms. The minimum atomic E-state index is -3.54. The Morgan fingerprint density at radius 3 is 2.62 bits per heavy atom. The molecule has 1 aromatic heterocycles. The van der Waals surface area contributed by atoms with Crippen molar-refractivity contribution in [3.05, 3.63) is 59.9 Å². The number of hydrogen-bond donors (Lipinski definition) is 0. The second kappa shape index (κ2) is 8.64. The number of aromatic nitrogens is 2. The molecule has 1 aliphatic rings. The van der Waals surface area contributed by atoms with E-state index in [1.807, 2.05) is 0 Å². The fourth-order valence-corrected chi connectivity index (χ4v) is 5.50. The van der Waals surface area contributed by atoms with Gasteiger partial charge in [0, 0.05) is 24.4 Å². The Kier molecular flexibility index (Phi) is 5.98. The van der Waals surface area contributed by atoms with E-state index in [1.165, 1.54) is 22.1 Å². The van der Waals surface area contributed by atoms with Crippen molar-refractivity contribution in [2.75, 3.05) is 13.1 Å². The molecule has 1 aliphatic heterocycles. The lowest BCUT2D eigenvalue weighted by Crippen LogP contribution is -2.35. The number of rotatable bonds is 6. The highest BCUT2D eigenvalue weighted by Gasteiger charge is 2.26. The van der Waals surface area contributed by atoms with E-state index >= 15 is 0 Å². The van der Waals surface area contributed by atoms with Gasteiger partial charge in [-0.15, -0.1) is 10.2 Å². The van der Waals surface area contributed by atoms with Gasteiger partial charge in [-0.1, -0.05) is 42.4 Å². The zero-order chi connectivity index (χ0) is 20.3. The molecule has 0 atom stereocenters. The van der Waals surface area contributed by atoms with Gasteiger partial charge >= 0.3 is 0 Å². The van der Waals surface area contributed by atoms with Gasteiger partial charge in [-0.05, 0) is 42.7 Å². The van der Waals surface area contributed by atoms with E-state index in [9.17, 15) is 12.8 Å². The first-order chi connectivity index (χ1) is 14.0. The van der Waals surface area contributed by atoms with Crippen molar-refractivity contribution in [1.82, 2.24) is 14.5 Å². The molecule has 1 fully saturated rings. The molecule has 3 aromatic rings. The molecule has 2 aromatic carbocycles. The number of piperidine rings is 1. The average Bonchev–Trinajstić information content (AvgIpc) is 3.23. The van der Waals surface area contributed by atoms with Crippen LogP contribution in [0.5, 0.6) is 0 Å². The highest BCUT2D eigenvalue weighted by atomic mass is 32.2. The van der Waals surface area contributed by atoms with Crippen molar-refractivity contribution in [2.24, 2.45) is 0 Å². The Hall–Kier alpha value is -2.23. The van der Waals surface area contributed by atoms with Gasteiger partial charge in [-0.3, -0.25) is 0 Å². The second-order valence-corrected chi connectivity index (χ2v) is 9.61. The van der Waals surface area contributed by atoms with Crippen molar-refractivity contribution in [3.63, 3.8) is 0 Å². The minimum absolute atomic E-state index is 0.218. The SMILES string of the molecule is O=S(=O)(c1cccc(-c2nnc(SCc3ccccc3F)o2)c1)N1CCCCC1. The van der Waals surface area contributed by atoms with Gasteiger partial charge < -0.3 is 4.42 Å². The molecule has 29 heavy (non-hydrogen) atoms. The van der Waals surface area contributed by atoms with Crippen LogP contribution in [0.3, 0.4) is 0 Å². The summed E-state index contributed by atoms with van der Waals surface area (Å²) in [5, 5.41) is 8.30. The highest BCUT2D eigenvalue weighted by molar-refractivity contribution is 7.98. The van der Waals surface area contributed by atoms with Crippen LogP contribution < -0.4 is 0 Å². The topological polar surface area (TPSA) is 76.3 Å². The van der Waals surface area contributed by atoms with Gasteiger partial charge in [0.1, 0.15) is 5.82 Å². The van der Waals surface area contributed by atoms with Gasteiger partial charge in [0.05, 0.1) is 4.90 Å². The summed E-state index contributed by atoms with van der Waals surface area (Å²) in [5.74, 6) is 0.310. The van der Waals surface area contributed by atoms with Crippen LogP contribution in [-0.2, 0) is 15.8 Å². The fraction of sp³-hybridized carbons (Fsp3) is 0.300. The summed E-state index contributed by atoms with van der Waals surface area (Å²) >= 11 is 1.23. The highest BCUT2D eigenvalue weighted by Crippen LogP contribution is 2.29. The molecule has 6 nitrogen and oxygen atoms in total. The zero-order valence-electron chi connectivity index (χ0n) is 15.6. The third-order valence-electron chi connectivity index (χ3n) is 4.75. The Morgan fingerprint density at radius 2 is 1.83 bits per heavy atom. The van der Waals surface area contributed by atoms with Gasteiger partial charge in [0.25, 0.3) is 5.22 Å². The standard InChI is InChI=1S/C20H20FN3O3S2/c21-18-10-3-2-7-16(18)14-28-20-23-22-19(27-20)15-8-6-9-17(13-15)29(25,26)24-11-4-1-5-12-24/h2-3,6-10,13H,1,4-5,11-12,14H2. The van der Waals surface area contributed by atoms with Gasteiger partial charge in [0.2, 0.25) is 15.9 Å². The van der Waals surface area contributed by atoms with Crippen molar-refractivity contribution in [2.45, 2.75) is 35.1 Å². The van der Waals surface area contributed by atoms with E-state index in [-0.39, 0.29) is 16.6 Å². The maximum atomic E-state index is 13.7. The molecule has 1 saturated heterocycles. The predicted molar refractivity (Wildman–Crippen MR) is 108 cm³/mol. The first-order valence-corrected chi connectivity index (χ1v) is 11.8. The van der Waals surface area contributed by atoms with Crippen LogP contribution in [0.25, 0.3) is 11.5 Å². The molecule has 0 unspecified atom stereocenters. The number of hydrogen-bond acceptors (Lipinski definition) is 6. The number of sulfonamides is 1. The molecular formula is C20H20FN3O3S2. The van der Waals surface area contributed by atoms with E-state index in [2.05, 4.69) is 10.2 Å². The number of halogens is 1. The molecule has 152 valence electrons. The molecule has 0 radical (unpaired) electrons. The quantitative estimate of drug-likeness (QED) is 0.538. The molecule has 0 aliphatic carbocycles. The van der Waals surface area contributed by atoms with E-state index in [0.29, 0.717) is 35.2 Å². The Bertz CT molecular complexity index is 1100. The summed E-state index contributed by atoms with van der Waals surface area (Å²) in [6.45, 7) is 1.09. The Labute approximate surface area is 173 Å². The van der Waals surface area contributed by atoms with Crippen LogP contribution >= 0.6 is 11.8 Å². The predicted octanol–water partition coefficient (Wildman–Crippen LogP) is 4.34. The Morgan fingerprint density at radius 1 is 1.03 bits per heavy atom. The van der Waals surface area contributed by atoms with Crippen molar-refractivity contribution in [3.8, 4) is 11.5 Å². The van der Waals surface area contributed by atoms with Gasteiger partial charge in [0.15, 0.2) is 0 Å². The normalized spacial score (nSPS) is 15.5. The molecular weight excluding hydrogens is 413 g/mol. The largest absolute Gasteiger partial charge is 0.411 e. The smallest absolute Gasteiger partial charge is 0.277 e. The first kappa shape index (κ1) is 20.1. The monoisotopic (exact) mass is 433 g/mol. The molecule has 0 N–H and O–H groups in total. The van der Waals surface area contributed by atoms with Crippen LogP contribution in [-0.4, -0.2) is 36.0 Å². The van der Waals surface area contributed by atoms with Crippen LogP contribution in [0.15, 0.2) is 63.1 Å². The molecule has 0 bridgehead atoms. The average molecular weight is 434 g/mol. The number of thioether (sulfide) groups is 1. The van der Waals surface area contributed by atoms with Crippen LogP contribution in [0, 0.1) is 5.82 Å². The number of benzene rings is 2. The van der Waals surface area contributed by atoms with Gasteiger partial charge in [-0.2, -0.15) is 4.31 Å². The van der Waals surface area contributed by atoms with Crippen LogP contribution in [0.1, 0.15) is 24.8 Å². The van der Waals surface area contributed by atoms with E-state index in [1.54, 1.807) is 42.5 Å². The van der Waals surface area contributed by atoms with Crippen LogP contribution in [0.2, 0.25) is 0 Å². The maximum absolute atomic E-state index is 13.7. The van der Waals surface area contributed by atoms with E-state index in [4.69, 9.17) is 4.42 Å². The molecule has 0 amide bonds. The van der Waals surface area contributed by atoms with Crippen molar-refractivity contribution in [1.29, 1.82) is 0 Å². The zero-order valence-corrected chi connectivity index (χ0v) is 17.3. The molecule has 2 heterocycles. The van der Waals surface area contributed by atoms with E-state index < -0.39 is 10.0 Å². The third kappa shape index (κ3) is 4.52. The van der Waals surface area contributed by atoms with Gasteiger partial charge in [-0.25, -0.2) is 12.8 Å². The van der Waals surface area contributed by atoms with Crippen molar-refractivity contribution < 1.29 is 17.2 Å². The lowest BCUT2D eigenvalue weighted by Gasteiger charge is -2.25. The van der Waals surface area contributed by atoms with E-state index in [0.717, 1.165) is 19.3 Å². The Balaban J connectivity index is 1.51. The maximum Gasteiger partial charge on any atom is 0.277 e. The first-order valence-electron chi connectivity index (χ1n) is 9.34. The summed E-state index contributed by atoms with van der Waals surface area (Å²) in [6, 6.07) is 13.1. The summed E-state index contributed by atoms with van der Waals surface area (Å²) in [6.07, 6.45) is 2.82. The number of nitrogens with zero attached hydrogens (tertiary/aromatic N) is 3. The molecule has 0 saturated carbocycles. The summed E-state index contributed by atoms with van der Waals surface area (Å²) in [4.78, 5) is 0.218. The summed E-state index contributed by atoms with van der Waals surface area (Å²) in [5.41, 5.74) is 1.08. The summed E-state index contributed by atoms with van der Waals surface area (Å²) < 4.78 is 46.7. The third-order valence-corrected chi connectivity index (χ3v) is 7.51. The van der Waals surface area contributed by atoms with Crippen LogP contribution in [0.4, 0.5) is 4.39 Å². The molecule has 4 rings (SSSR count). The second-order valence-electron chi connectivity index (χ2n) is 6.75. The van der Waals surface area contributed by atoms with Crippen molar-refractivity contribution >= 4 is 21.8 Å².